The highest BCUT2D eigenvalue weighted by Gasteiger charge is 2.37. The number of rotatable bonds is 2. The van der Waals surface area contributed by atoms with E-state index in [1.165, 1.54) is 0 Å². The lowest BCUT2D eigenvalue weighted by molar-refractivity contribution is 0.00768. The Morgan fingerprint density at radius 1 is 1.50 bits per heavy atom. The summed E-state index contributed by atoms with van der Waals surface area (Å²) in [6, 6.07) is 0. The first kappa shape index (κ1) is 10.2. The molecule has 1 aromatic heterocycles. The number of hydrogen-bond acceptors (Lipinski definition) is 5. The molecule has 2 aliphatic rings. The Morgan fingerprint density at radius 3 is 3.12 bits per heavy atom. The molecule has 0 saturated carbocycles. The number of nitrogens with one attached hydrogen (secondary N) is 1. The molecule has 0 aliphatic carbocycles. The molecule has 0 spiro atoms. The van der Waals surface area contributed by atoms with E-state index in [-0.39, 0.29) is 5.60 Å². The van der Waals surface area contributed by atoms with Gasteiger partial charge in [-0.15, -0.1) is 0 Å². The van der Waals surface area contributed by atoms with E-state index in [1.807, 2.05) is 6.92 Å². The summed E-state index contributed by atoms with van der Waals surface area (Å²) in [5.74, 6) is 1.86. The summed E-state index contributed by atoms with van der Waals surface area (Å²) in [5.41, 5.74) is -0.326. The number of aromatic nitrogens is 2. The van der Waals surface area contributed by atoms with E-state index in [4.69, 9.17) is 9.26 Å². The van der Waals surface area contributed by atoms with Crippen LogP contribution in [-0.2, 0) is 10.3 Å². The monoisotopic (exact) mass is 223 g/mol. The van der Waals surface area contributed by atoms with Gasteiger partial charge in [-0.05, 0) is 32.7 Å². The van der Waals surface area contributed by atoms with Crippen molar-refractivity contribution < 1.29 is 9.26 Å². The van der Waals surface area contributed by atoms with Gasteiger partial charge in [0, 0.05) is 13.2 Å². The summed E-state index contributed by atoms with van der Waals surface area (Å²) >= 11 is 0. The molecule has 88 valence electrons. The fourth-order valence-electron chi connectivity index (χ4n) is 2.44. The van der Waals surface area contributed by atoms with E-state index < -0.39 is 0 Å². The highest BCUT2D eigenvalue weighted by molar-refractivity contribution is 5.05. The minimum atomic E-state index is -0.326. The first-order valence-electron chi connectivity index (χ1n) is 5.97. The summed E-state index contributed by atoms with van der Waals surface area (Å²) in [7, 11) is 0. The molecule has 1 N–H and O–H groups in total. The van der Waals surface area contributed by atoms with Crippen LogP contribution in [0.25, 0.3) is 0 Å². The van der Waals surface area contributed by atoms with Gasteiger partial charge in [-0.1, -0.05) is 5.16 Å². The van der Waals surface area contributed by atoms with E-state index in [0.29, 0.717) is 11.7 Å². The Balaban J connectivity index is 1.81. The lowest BCUT2D eigenvalue weighted by Gasteiger charge is -2.17. The van der Waals surface area contributed by atoms with E-state index in [1.54, 1.807) is 0 Å². The zero-order chi connectivity index (χ0) is 11.0. The summed E-state index contributed by atoms with van der Waals surface area (Å²) in [5, 5.41) is 7.38. The minimum absolute atomic E-state index is 0.326. The van der Waals surface area contributed by atoms with Crippen molar-refractivity contribution in [2.75, 3.05) is 19.7 Å². The van der Waals surface area contributed by atoms with Crippen LogP contribution in [-0.4, -0.2) is 29.8 Å². The largest absolute Gasteiger partial charge is 0.367 e. The molecular weight excluding hydrogens is 206 g/mol. The number of nitrogens with zero attached hydrogens (tertiary/aromatic N) is 2. The maximum atomic E-state index is 5.70. The van der Waals surface area contributed by atoms with Crippen LogP contribution in [0.4, 0.5) is 0 Å². The van der Waals surface area contributed by atoms with Gasteiger partial charge in [0.1, 0.15) is 5.60 Å². The number of ether oxygens (including phenoxy) is 1. The third-order valence-electron chi connectivity index (χ3n) is 3.54. The molecule has 5 heteroatoms. The van der Waals surface area contributed by atoms with Gasteiger partial charge in [-0.3, -0.25) is 0 Å². The molecule has 2 unspecified atom stereocenters. The van der Waals surface area contributed by atoms with Gasteiger partial charge in [0.15, 0.2) is 0 Å². The van der Waals surface area contributed by atoms with Crippen LogP contribution in [0.2, 0.25) is 0 Å². The fourth-order valence-corrected chi connectivity index (χ4v) is 2.44. The van der Waals surface area contributed by atoms with Gasteiger partial charge < -0.3 is 14.6 Å². The van der Waals surface area contributed by atoms with Gasteiger partial charge in [0.25, 0.3) is 0 Å². The molecule has 0 amide bonds. The van der Waals surface area contributed by atoms with E-state index in [2.05, 4.69) is 15.5 Å². The van der Waals surface area contributed by atoms with Crippen LogP contribution >= 0.6 is 0 Å². The van der Waals surface area contributed by atoms with E-state index >= 15 is 0 Å². The van der Waals surface area contributed by atoms with Crippen molar-refractivity contribution in [1.82, 2.24) is 15.5 Å². The Morgan fingerprint density at radius 2 is 2.44 bits per heavy atom. The standard InChI is InChI=1S/C11H17N3O2/c1-11(4-2-6-15-11)10-13-9(16-14-10)8-3-5-12-7-8/h8,12H,2-7H2,1H3. The average Bonchev–Trinajstić information content (AvgIpc) is 2.98. The molecule has 1 aromatic rings. The molecule has 5 nitrogen and oxygen atoms in total. The lowest BCUT2D eigenvalue weighted by atomic mass is 10.0. The molecule has 2 saturated heterocycles. The predicted molar refractivity (Wildman–Crippen MR) is 57.1 cm³/mol. The molecular formula is C11H17N3O2. The Labute approximate surface area is 94.6 Å². The highest BCUT2D eigenvalue weighted by atomic mass is 16.5. The van der Waals surface area contributed by atoms with Crippen molar-refractivity contribution in [3.63, 3.8) is 0 Å². The van der Waals surface area contributed by atoms with Crippen LogP contribution < -0.4 is 5.32 Å². The molecule has 3 heterocycles. The van der Waals surface area contributed by atoms with Crippen LogP contribution in [0.1, 0.15) is 43.8 Å². The molecule has 2 aliphatic heterocycles. The van der Waals surface area contributed by atoms with Gasteiger partial charge in [-0.25, -0.2) is 0 Å². The highest BCUT2D eigenvalue weighted by Crippen LogP contribution is 2.34. The van der Waals surface area contributed by atoms with Crippen LogP contribution in [0.3, 0.4) is 0 Å². The third-order valence-corrected chi connectivity index (χ3v) is 3.54. The fraction of sp³-hybridized carbons (Fsp3) is 0.818. The lowest BCUT2D eigenvalue weighted by Crippen LogP contribution is -2.21. The van der Waals surface area contributed by atoms with Gasteiger partial charge >= 0.3 is 0 Å². The van der Waals surface area contributed by atoms with Crippen molar-refractivity contribution in [2.45, 2.75) is 37.7 Å². The summed E-state index contributed by atoms with van der Waals surface area (Å²) < 4.78 is 11.0. The molecule has 0 bridgehead atoms. The van der Waals surface area contributed by atoms with Crippen molar-refractivity contribution >= 4 is 0 Å². The first-order chi connectivity index (χ1) is 7.78. The van der Waals surface area contributed by atoms with Gasteiger partial charge in [0.2, 0.25) is 11.7 Å². The van der Waals surface area contributed by atoms with E-state index in [9.17, 15) is 0 Å². The summed E-state index contributed by atoms with van der Waals surface area (Å²) in [6.45, 7) is 4.82. The molecule has 0 radical (unpaired) electrons. The zero-order valence-corrected chi connectivity index (χ0v) is 9.53. The smallest absolute Gasteiger partial charge is 0.231 e. The average molecular weight is 223 g/mol. The third kappa shape index (κ3) is 1.64. The van der Waals surface area contributed by atoms with Crippen molar-refractivity contribution in [3.05, 3.63) is 11.7 Å². The Bertz CT molecular complexity index is 365. The zero-order valence-electron chi connectivity index (χ0n) is 9.53. The summed E-state index contributed by atoms with van der Waals surface area (Å²) in [4.78, 5) is 4.50. The number of hydrogen-bond donors (Lipinski definition) is 1. The predicted octanol–water partition coefficient (Wildman–Crippen LogP) is 1.17. The van der Waals surface area contributed by atoms with Crippen LogP contribution in [0.15, 0.2) is 4.52 Å². The molecule has 16 heavy (non-hydrogen) atoms. The van der Waals surface area contributed by atoms with Crippen molar-refractivity contribution in [2.24, 2.45) is 0 Å². The molecule has 2 fully saturated rings. The molecule has 0 aromatic carbocycles. The second-order valence-corrected chi connectivity index (χ2v) is 4.83. The summed E-state index contributed by atoms with van der Waals surface area (Å²) in [6.07, 6.45) is 3.14. The Hall–Kier alpha value is -0.940. The van der Waals surface area contributed by atoms with E-state index in [0.717, 1.165) is 44.8 Å². The van der Waals surface area contributed by atoms with Crippen LogP contribution in [0, 0.1) is 0 Å². The van der Waals surface area contributed by atoms with Crippen molar-refractivity contribution in [3.8, 4) is 0 Å². The topological polar surface area (TPSA) is 60.2 Å². The minimum Gasteiger partial charge on any atom is -0.367 e. The van der Waals surface area contributed by atoms with Crippen LogP contribution in [0.5, 0.6) is 0 Å². The molecule has 3 rings (SSSR count). The molecule has 2 atom stereocenters. The van der Waals surface area contributed by atoms with Crippen molar-refractivity contribution in [1.29, 1.82) is 0 Å². The quantitative estimate of drug-likeness (QED) is 0.815. The van der Waals surface area contributed by atoms with Gasteiger partial charge in [-0.2, -0.15) is 4.98 Å². The maximum absolute atomic E-state index is 5.70. The normalized spacial score (nSPS) is 34.7. The Kier molecular flexibility index (Phi) is 2.44. The maximum Gasteiger partial charge on any atom is 0.231 e. The second kappa shape index (κ2) is 3.82. The first-order valence-corrected chi connectivity index (χ1v) is 5.97. The SMILES string of the molecule is CC1(c2noc(C3CCNC3)n2)CCCO1. The van der Waals surface area contributed by atoms with Gasteiger partial charge in [0.05, 0.1) is 5.92 Å². The second-order valence-electron chi connectivity index (χ2n) is 4.83.